The molecular weight excluding hydrogens is 276 g/mol. The highest BCUT2D eigenvalue weighted by Gasteiger charge is 2.16. The first-order valence-corrected chi connectivity index (χ1v) is 8.31. The molecule has 1 fully saturated rings. The normalized spacial score (nSPS) is 18.4. The van der Waals surface area contributed by atoms with Crippen LogP contribution in [0.4, 0.5) is 5.82 Å². The van der Waals surface area contributed by atoms with Crippen LogP contribution in [-0.4, -0.2) is 30.0 Å². The average Bonchev–Trinajstić information content (AvgIpc) is 2.81. The van der Waals surface area contributed by atoms with Crippen molar-refractivity contribution in [3.63, 3.8) is 0 Å². The van der Waals surface area contributed by atoms with Gasteiger partial charge in [0.25, 0.3) is 0 Å². The maximum absolute atomic E-state index is 11.9. The molecule has 5 heteroatoms. The minimum atomic E-state index is -0.177. The Hall–Kier alpha value is -1.62. The van der Waals surface area contributed by atoms with Gasteiger partial charge in [0.15, 0.2) is 0 Å². The molecule has 2 heterocycles. The molecule has 0 spiro atoms. The number of hydrogen-bond donors (Lipinski definition) is 2. The largest absolute Gasteiger partial charge is 0.357 e. The van der Waals surface area contributed by atoms with Gasteiger partial charge in [-0.05, 0) is 31.4 Å². The van der Waals surface area contributed by atoms with E-state index in [1.54, 1.807) is 0 Å². The Morgan fingerprint density at radius 2 is 1.95 bits per heavy atom. The van der Waals surface area contributed by atoms with Crippen LogP contribution in [0.15, 0.2) is 18.3 Å². The number of nitrogens with zero attached hydrogens (tertiary/aromatic N) is 2. The Morgan fingerprint density at radius 3 is 2.50 bits per heavy atom. The van der Waals surface area contributed by atoms with E-state index in [-0.39, 0.29) is 17.9 Å². The van der Waals surface area contributed by atoms with E-state index in [0.29, 0.717) is 6.54 Å². The van der Waals surface area contributed by atoms with Crippen molar-refractivity contribution in [1.82, 2.24) is 10.3 Å². The number of carbonyl (C=O) groups excluding carboxylic acids is 1. The van der Waals surface area contributed by atoms with Crippen LogP contribution in [0.3, 0.4) is 0 Å². The molecule has 1 aromatic rings. The molecule has 5 nitrogen and oxygen atoms in total. The molecule has 0 aliphatic carbocycles. The van der Waals surface area contributed by atoms with E-state index in [4.69, 9.17) is 5.73 Å². The summed E-state index contributed by atoms with van der Waals surface area (Å²) in [6.07, 6.45) is 6.98. The Labute approximate surface area is 133 Å². The van der Waals surface area contributed by atoms with Crippen LogP contribution < -0.4 is 16.0 Å². The molecule has 3 N–H and O–H groups in total. The summed E-state index contributed by atoms with van der Waals surface area (Å²) in [6, 6.07) is 3.97. The highest BCUT2D eigenvalue weighted by atomic mass is 16.1. The second-order valence-corrected chi connectivity index (χ2v) is 6.29. The highest BCUT2D eigenvalue weighted by Crippen LogP contribution is 2.17. The lowest BCUT2D eigenvalue weighted by Crippen LogP contribution is -2.38. The van der Waals surface area contributed by atoms with Crippen molar-refractivity contribution in [3.05, 3.63) is 23.9 Å². The van der Waals surface area contributed by atoms with E-state index < -0.39 is 0 Å². The number of nitrogens with one attached hydrogen (secondary N) is 1. The summed E-state index contributed by atoms with van der Waals surface area (Å²) in [5.41, 5.74) is 6.76. The molecule has 1 amide bonds. The van der Waals surface area contributed by atoms with E-state index >= 15 is 0 Å². The van der Waals surface area contributed by atoms with E-state index in [1.807, 2.05) is 26.1 Å². The van der Waals surface area contributed by atoms with E-state index in [2.05, 4.69) is 21.3 Å². The summed E-state index contributed by atoms with van der Waals surface area (Å²) in [4.78, 5) is 18.8. The third-order valence-electron chi connectivity index (χ3n) is 4.41. The van der Waals surface area contributed by atoms with Crippen LogP contribution in [0.1, 0.15) is 45.1 Å². The van der Waals surface area contributed by atoms with Gasteiger partial charge in [0.1, 0.15) is 5.82 Å². The van der Waals surface area contributed by atoms with Gasteiger partial charge < -0.3 is 16.0 Å². The standard InChI is InChI=1S/C17H28N4O/c1-13(14(2)18)17(22)20-12-15-7-8-16(19-11-15)21-9-5-3-4-6-10-21/h7-8,11,13-14H,3-6,9-10,12,18H2,1-2H3,(H,20,22). The van der Waals surface area contributed by atoms with Gasteiger partial charge in [0.2, 0.25) is 5.91 Å². The van der Waals surface area contributed by atoms with Gasteiger partial charge in [-0.25, -0.2) is 4.98 Å². The lowest BCUT2D eigenvalue weighted by molar-refractivity contribution is -0.125. The lowest BCUT2D eigenvalue weighted by Gasteiger charge is -2.21. The molecule has 1 aliphatic rings. The van der Waals surface area contributed by atoms with Gasteiger partial charge in [-0.15, -0.1) is 0 Å². The molecular formula is C17H28N4O. The molecule has 1 aromatic heterocycles. The second kappa shape index (κ2) is 8.13. The number of anilines is 1. The molecule has 0 bridgehead atoms. The first-order chi connectivity index (χ1) is 10.6. The van der Waals surface area contributed by atoms with Crippen LogP contribution in [0.25, 0.3) is 0 Å². The molecule has 1 saturated heterocycles. The van der Waals surface area contributed by atoms with Crippen LogP contribution in [0.5, 0.6) is 0 Å². The first-order valence-electron chi connectivity index (χ1n) is 8.31. The van der Waals surface area contributed by atoms with E-state index in [0.717, 1.165) is 24.5 Å². The quantitative estimate of drug-likeness (QED) is 0.873. The van der Waals surface area contributed by atoms with Gasteiger partial charge in [-0.1, -0.05) is 25.8 Å². The summed E-state index contributed by atoms with van der Waals surface area (Å²) < 4.78 is 0. The zero-order chi connectivity index (χ0) is 15.9. The number of aromatic nitrogens is 1. The third kappa shape index (κ3) is 4.70. The lowest BCUT2D eigenvalue weighted by atomic mass is 10.0. The first kappa shape index (κ1) is 16.7. The Bertz CT molecular complexity index is 464. The molecule has 1 aliphatic heterocycles. The topological polar surface area (TPSA) is 71.2 Å². The molecule has 2 rings (SSSR count). The molecule has 0 saturated carbocycles. The van der Waals surface area contributed by atoms with Crippen molar-refractivity contribution in [3.8, 4) is 0 Å². The van der Waals surface area contributed by atoms with Gasteiger partial charge in [0, 0.05) is 37.8 Å². The molecule has 122 valence electrons. The maximum Gasteiger partial charge on any atom is 0.224 e. The van der Waals surface area contributed by atoms with Crippen molar-refractivity contribution in [2.75, 3.05) is 18.0 Å². The third-order valence-corrected chi connectivity index (χ3v) is 4.41. The zero-order valence-electron chi connectivity index (χ0n) is 13.7. The fourth-order valence-corrected chi connectivity index (χ4v) is 2.60. The summed E-state index contributed by atoms with van der Waals surface area (Å²) in [6.45, 7) is 6.38. The number of hydrogen-bond acceptors (Lipinski definition) is 4. The molecule has 22 heavy (non-hydrogen) atoms. The van der Waals surface area contributed by atoms with E-state index in [9.17, 15) is 4.79 Å². The van der Waals surface area contributed by atoms with Gasteiger partial charge >= 0.3 is 0 Å². The summed E-state index contributed by atoms with van der Waals surface area (Å²) in [7, 11) is 0. The average molecular weight is 304 g/mol. The highest BCUT2D eigenvalue weighted by molar-refractivity contribution is 5.78. The summed E-state index contributed by atoms with van der Waals surface area (Å²) in [5, 5.41) is 2.92. The monoisotopic (exact) mass is 304 g/mol. The smallest absolute Gasteiger partial charge is 0.224 e. The molecule has 0 radical (unpaired) electrons. The fraction of sp³-hybridized carbons (Fsp3) is 0.647. The van der Waals surface area contributed by atoms with Crippen LogP contribution in [-0.2, 0) is 11.3 Å². The number of nitrogens with two attached hydrogens (primary N) is 1. The minimum Gasteiger partial charge on any atom is -0.357 e. The minimum absolute atomic E-state index is 0.00778. The Kier molecular flexibility index (Phi) is 6.19. The van der Waals surface area contributed by atoms with Crippen LogP contribution in [0.2, 0.25) is 0 Å². The van der Waals surface area contributed by atoms with Gasteiger partial charge in [-0.3, -0.25) is 4.79 Å². The van der Waals surface area contributed by atoms with Crippen molar-refractivity contribution >= 4 is 11.7 Å². The van der Waals surface area contributed by atoms with E-state index in [1.165, 1.54) is 25.7 Å². The second-order valence-electron chi connectivity index (χ2n) is 6.29. The summed E-state index contributed by atoms with van der Waals surface area (Å²) in [5.74, 6) is 0.858. The van der Waals surface area contributed by atoms with Gasteiger partial charge in [-0.2, -0.15) is 0 Å². The van der Waals surface area contributed by atoms with Crippen molar-refractivity contribution < 1.29 is 4.79 Å². The molecule has 2 atom stereocenters. The summed E-state index contributed by atoms with van der Waals surface area (Å²) >= 11 is 0. The van der Waals surface area contributed by atoms with Gasteiger partial charge in [0.05, 0.1) is 0 Å². The van der Waals surface area contributed by atoms with Crippen molar-refractivity contribution in [2.24, 2.45) is 11.7 Å². The van der Waals surface area contributed by atoms with Crippen LogP contribution >= 0.6 is 0 Å². The number of carbonyl (C=O) groups is 1. The zero-order valence-corrected chi connectivity index (χ0v) is 13.7. The molecule has 0 aromatic carbocycles. The SMILES string of the molecule is CC(N)C(C)C(=O)NCc1ccc(N2CCCCCC2)nc1. The number of amides is 1. The number of pyridine rings is 1. The number of rotatable bonds is 5. The van der Waals surface area contributed by atoms with Crippen LogP contribution in [0, 0.1) is 5.92 Å². The molecule has 2 unspecified atom stereocenters. The predicted octanol–water partition coefficient (Wildman–Crippen LogP) is 2.06. The van der Waals surface area contributed by atoms with Crippen molar-refractivity contribution in [2.45, 2.75) is 52.1 Å². The maximum atomic E-state index is 11.9. The fourth-order valence-electron chi connectivity index (χ4n) is 2.60. The Morgan fingerprint density at radius 1 is 1.27 bits per heavy atom. The Balaban J connectivity index is 1.87. The predicted molar refractivity (Wildman–Crippen MR) is 89.6 cm³/mol. The van der Waals surface area contributed by atoms with Crippen molar-refractivity contribution in [1.29, 1.82) is 0 Å².